The van der Waals surface area contributed by atoms with Gasteiger partial charge in [0.2, 0.25) is 0 Å². The average molecular weight is 472 g/mol. The Kier molecular flexibility index (Phi) is 16.9. The molecular weight excluding hydrogens is 422 g/mol. The van der Waals surface area contributed by atoms with Gasteiger partial charge >= 0.3 is 5.97 Å². The summed E-state index contributed by atoms with van der Waals surface area (Å²) in [5, 5.41) is 2.97. The third kappa shape index (κ3) is 14.2. The first kappa shape index (κ1) is 29.9. The van der Waals surface area contributed by atoms with Crippen molar-refractivity contribution in [1.82, 2.24) is 5.32 Å². The number of carbonyl (C=O) groups is 2. The van der Waals surface area contributed by atoms with Gasteiger partial charge in [-0.3, -0.25) is 4.79 Å². The maximum atomic E-state index is 12.7. The van der Waals surface area contributed by atoms with Crippen LogP contribution in [0.1, 0.15) is 132 Å². The van der Waals surface area contributed by atoms with E-state index in [1.54, 1.807) is 24.3 Å². The molecule has 1 aromatic rings. The van der Waals surface area contributed by atoms with E-state index in [0.29, 0.717) is 30.2 Å². The smallest absolute Gasteiger partial charge is 0.338 e. The Bertz CT molecular complexity index is 722. The van der Waals surface area contributed by atoms with E-state index in [9.17, 15) is 9.59 Å². The largest absolute Gasteiger partial charge is 0.462 e. The second-order valence-electron chi connectivity index (χ2n) is 9.87. The molecule has 0 unspecified atom stereocenters. The van der Waals surface area contributed by atoms with Crippen LogP contribution < -0.4 is 5.32 Å². The summed E-state index contributed by atoms with van der Waals surface area (Å²) < 4.78 is 5.49. The summed E-state index contributed by atoms with van der Waals surface area (Å²) in [6, 6.07) is 6.94. The van der Waals surface area contributed by atoms with Gasteiger partial charge in [0.15, 0.2) is 0 Å². The van der Waals surface area contributed by atoms with Crippen molar-refractivity contribution in [2.24, 2.45) is 5.92 Å². The molecule has 0 aliphatic heterocycles. The zero-order valence-corrected chi connectivity index (χ0v) is 22.3. The molecular formula is C30H49NO3. The van der Waals surface area contributed by atoms with Crippen LogP contribution in [0.3, 0.4) is 0 Å². The van der Waals surface area contributed by atoms with Crippen LogP contribution >= 0.6 is 0 Å². The Morgan fingerprint density at radius 2 is 1.47 bits per heavy atom. The summed E-state index contributed by atoms with van der Waals surface area (Å²) in [7, 11) is 0. The molecule has 0 bridgehead atoms. The summed E-state index contributed by atoms with van der Waals surface area (Å²) in [6.07, 6.45) is 17.9. The average Bonchev–Trinajstić information content (AvgIpc) is 2.82. The normalized spacial score (nSPS) is 11.6. The molecule has 192 valence electrons. The zero-order chi connectivity index (χ0) is 25.0. The maximum Gasteiger partial charge on any atom is 0.338 e. The number of hydrogen-bond acceptors (Lipinski definition) is 3. The van der Waals surface area contributed by atoms with E-state index in [0.717, 1.165) is 32.1 Å². The Balaban J connectivity index is 2.29. The van der Waals surface area contributed by atoms with Gasteiger partial charge in [-0.15, -0.1) is 0 Å². The van der Waals surface area contributed by atoms with E-state index in [4.69, 9.17) is 4.74 Å². The van der Waals surface area contributed by atoms with Gasteiger partial charge in [0.05, 0.1) is 17.7 Å². The molecule has 1 aromatic carbocycles. The molecule has 4 heteroatoms. The van der Waals surface area contributed by atoms with Crippen molar-refractivity contribution >= 4 is 11.9 Å². The van der Waals surface area contributed by atoms with Gasteiger partial charge in [-0.1, -0.05) is 95.4 Å². The minimum absolute atomic E-state index is 0.196. The van der Waals surface area contributed by atoms with E-state index in [1.165, 1.54) is 56.9 Å². The molecule has 1 amide bonds. The molecule has 1 rings (SSSR count). The zero-order valence-electron chi connectivity index (χ0n) is 22.3. The lowest BCUT2D eigenvalue weighted by Gasteiger charge is -2.12. The van der Waals surface area contributed by atoms with Crippen LogP contribution in [-0.4, -0.2) is 25.0 Å². The number of nitrogens with one attached hydrogen (secondary N) is 1. The number of allylic oxidation sites excluding steroid dienone is 2. The topological polar surface area (TPSA) is 55.4 Å². The van der Waals surface area contributed by atoms with Crippen molar-refractivity contribution in [2.45, 2.75) is 111 Å². The first-order valence-electron chi connectivity index (χ1n) is 13.6. The van der Waals surface area contributed by atoms with Crippen LogP contribution in [0.15, 0.2) is 35.9 Å². The van der Waals surface area contributed by atoms with Gasteiger partial charge < -0.3 is 10.1 Å². The summed E-state index contributed by atoms with van der Waals surface area (Å²) >= 11 is 0. The maximum absolute atomic E-state index is 12.7. The number of carbonyl (C=O) groups excluding carboxylic acids is 2. The summed E-state index contributed by atoms with van der Waals surface area (Å²) in [5.74, 6) is -0.122. The SMILES string of the molecule is CCCCCCCCCCCCNC(=O)c1ccccc1C(=O)OCC[C@H](C)CCC=C(C)C. The summed E-state index contributed by atoms with van der Waals surface area (Å²) in [4.78, 5) is 25.3. The molecule has 4 nitrogen and oxygen atoms in total. The van der Waals surface area contributed by atoms with Crippen LogP contribution in [0.25, 0.3) is 0 Å². The van der Waals surface area contributed by atoms with Crippen molar-refractivity contribution in [1.29, 1.82) is 0 Å². The first-order chi connectivity index (χ1) is 16.5. The van der Waals surface area contributed by atoms with Crippen molar-refractivity contribution in [3.63, 3.8) is 0 Å². The Morgan fingerprint density at radius 3 is 2.09 bits per heavy atom. The number of rotatable bonds is 19. The van der Waals surface area contributed by atoms with E-state index in [1.807, 2.05) is 0 Å². The molecule has 0 heterocycles. The molecule has 0 saturated heterocycles. The number of unbranched alkanes of at least 4 members (excludes halogenated alkanes) is 9. The fraction of sp³-hybridized carbons (Fsp3) is 0.667. The third-order valence-electron chi connectivity index (χ3n) is 6.26. The number of amides is 1. The number of ether oxygens (including phenoxy) is 1. The van der Waals surface area contributed by atoms with Gasteiger partial charge in [-0.05, 0) is 57.6 Å². The molecule has 0 aliphatic rings. The van der Waals surface area contributed by atoms with Crippen LogP contribution in [0.2, 0.25) is 0 Å². The van der Waals surface area contributed by atoms with Gasteiger partial charge in [0.25, 0.3) is 5.91 Å². The predicted octanol–water partition coefficient (Wildman–Crippen LogP) is 8.27. The highest BCUT2D eigenvalue weighted by Gasteiger charge is 2.17. The van der Waals surface area contributed by atoms with Gasteiger partial charge in [-0.25, -0.2) is 4.79 Å². The molecule has 0 aliphatic carbocycles. The lowest BCUT2D eigenvalue weighted by atomic mass is 10.0. The predicted molar refractivity (Wildman–Crippen MR) is 143 cm³/mol. The highest BCUT2D eigenvalue weighted by molar-refractivity contribution is 6.05. The lowest BCUT2D eigenvalue weighted by Crippen LogP contribution is -2.26. The molecule has 0 fully saturated rings. The number of benzene rings is 1. The van der Waals surface area contributed by atoms with E-state index >= 15 is 0 Å². The molecule has 0 aromatic heterocycles. The van der Waals surface area contributed by atoms with Gasteiger partial charge in [0, 0.05) is 6.54 Å². The molecule has 1 N–H and O–H groups in total. The fourth-order valence-electron chi connectivity index (χ4n) is 4.00. The monoisotopic (exact) mass is 471 g/mol. The lowest BCUT2D eigenvalue weighted by molar-refractivity contribution is 0.0480. The third-order valence-corrected chi connectivity index (χ3v) is 6.26. The number of hydrogen-bond donors (Lipinski definition) is 1. The Hall–Kier alpha value is -2.10. The molecule has 1 atom stereocenters. The summed E-state index contributed by atoms with van der Waals surface area (Å²) in [6.45, 7) is 9.67. The van der Waals surface area contributed by atoms with E-state index in [2.05, 4.69) is 39.1 Å². The second-order valence-corrected chi connectivity index (χ2v) is 9.87. The Morgan fingerprint density at radius 1 is 0.882 bits per heavy atom. The second kappa shape index (κ2) is 19.2. The van der Waals surface area contributed by atoms with Crippen molar-refractivity contribution in [3.05, 3.63) is 47.0 Å². The molecule has 0 radical (unpaired) electrons. The fourth-order valence-corrected chi connectivity index (χ4v) is 4.00. The number of esters is 1. The Labute approximate surface area is 208 Å². The van der Waals surface area contributed by atoms with Crippen LogP contribution in [0.4, 0.5) is 0 Å². The standard InChI is InChI=1S/C30H49NO3/c1-5-6-7-8-9-10-11-12-13-16-23-31-29(32)27-20-14-15-21-28(27)30(33)34-24-22-26(4)19-17-18-25(2)3/h14-15,18,20-21,26H,5-13,16-17,19,22-24H2,1-4H3,(H,31,32)/t26-/m1/s1. The highest BCUT2D eigenvalue weighted by Crippen LogP contribution is 2.15. The minimum atomic E-state index is -0.416. The van der Waals surface area contributed by atoms with Gasteiger partial charge in [-0.2, -0.15) is 0 Å². The molecule has 34 heavy (non-hydrogen) atoms. The highest BCUT2D eigenvalue weighted by atomic mass is 16.5. The van der Waals surface area contributed by atoms with Crippen LogP contribution in [-0.2, 0) is 4.74 Å². The quantitative estimate of drug-likeness (QED) is 0.125. The first-order valence-corrected chi connectivity index (χ1v) is 13.6. The van der Waals surface area contributed by atoms with E-state index < -0.39 is 5.97 Å². The van der Waals surface area contributed by atoms with Crippen molar-refractivity contribution < 1.29 is 14.3 Å². The van der Waals surface area contributed by atoms with Crippen LogP contribution in [0, 0.1) is 5.92 Å². The van der Waals surface area contributed by atoms with Crippen molar-refractivity contribution in [3.8, 4) is 0 Å². The molecule has 0 spiro atoms. The van der Waals surface area contributed by atoms with Crippen LogP contribution in [0.5, 0.6) is 0 Å². The minimum Gasteiger partial charge on any atom is -0.462 e. The summed E-state index contributed by atoms with van der Waals surface area (Å²) in [5.41, 5.74) is 2.08. The van der Waals surface area contributed by atoms with Gasteiger partial charge in [0.1, 0.15) is 0 Å². The van der Waals surface area contributed by atoms with E-state index in [-0.39, 0.29) is 5.91 Å². The van der Waals surface area contributed by atoms with Crippen molar-refractivity contribution in [2.75, 3.05) is 13.2 Å². The molecule has 0 saturated carbocycles.